The standard InChI is InChI=1S/C16H12N4O3/c21-16(12-5-4-8-14(11-12)20(22)23)17-15-9-10-19(18-15)13-6-2-1-3-7-13/h1-11H,(H,17,18,21). The van der Waals surface area contributed by atoms with Crippen molar-refractivity contribution in [1.29, 1.82) is 0 Å². The lowest BCUT2D eigenvalue weighted by Crippen LogP contribution is -2.12. The first kappa shape index (κ1) is 14.5. The molecule has 0 fully saturated rings. The van der Waals surface area contributed by atoms with Gasteiger partial charge >= 0.3 is 0 Å². The number of carbonyl (C=O) groups is 1. The fraction of sp³-hybridized carbons (Fsp3) is 0. The third-order valence-corrected chi connectivity index (χ3v) is 3.17. The molecule has 7 heteroatoms. The van der Waals surface area contributed by atoms with E-state index in [2.05, 4.69) is 10.4 Å². The molecule has 114 valence electrons. The molecule has 2 aromatic carbocycles. The van der Waals surface area contributed by atoms with Gasteiger partial charge in [-0.1, -0.05) is 24.3 Å². The number of carbonyl (C=O) groups excluding carboxylic acids is 1. The van der Waals surface area contributed by atoms with Gasteiger partial charge < -0.3 is 5.32 Å². The molecule has 0 saturated carbocycles. The molecule has 0 spiro atoms. The van der Waals surface area contributed by atoms with Gasteiger partial charge in [-0.15, -0.1) is 0 Å². The topological polar surface area (TPSA) is 90.1 Å². The number of nitro benzene ring substituents is 1. The first-order valence-corrected chi connectivity index (χ1v) is 6.80. The summed E-state index contributed by atoms with van der Waals surface area (Å²) < 4.78 is 1.63. The van der Waals surface area contributed by atoms with Crippen LogP contribution in [0.2, 0.25) is 0 Å². The van der Waals surface area contributed by atoms with E-state index in [9.17, 15) is 14.9 Å². The zero-order valence-electron chi connectivity index (χ0n) is 11.9. The van der Waals surface area contributed by atoms with Crippen molar-refractivity contribution in [2.75, 3.05) is 5.32 Å². The van der Waals surface area contributed by atoms with Crippen LogP contribution in [0, 0.1) is 10.1 Å². The van der Waals surface area contributed by atoms with Crippen molar-refractivity contribution in [3.8, 4) is 5.69 Å². The SMILES string of the molecule is O=C(Nc1ccn(-c2ccccc2)n1)c1cccc([N+](=O)[O-])c1. The molecule has 23 heavy (non-hydrogen) atoms. The summed E-state index contributed by atoms with van der Waals surface area (Å²) in [6, 6.07) is 16.6. The van der Waals surface area contributed by atoms with Crippen LogP contribution < -0.4 is 5.32 Å². The number of nitro groups is 1. The van der Waals surface area contributed by atoms with Crippen LogP contribution in [-0.2, 0) is 0 Å². The van der Waals surface area contributed by atoms with E-state index < -0.39 is 10.8 Å². The van der Waals surface area contributed by atoms with Gasteiger partial charge in [-0.3, -0.25) is 14.9 Å². The highest BCUT2D eigenvalue weighted by atomic mass is 16.6. The van der Waals surface area contributed by atoms with Crippen molar-refractivity contribution < 1.29 is 9.72 Å². The first-order chi connectivity index (χ1) is 11.1. The average Bonchev–Trinajstić information content (AvgIpc) is 3.04. The Kier molecular flexibility index (Phi) is 3.84. The highest BCUT2D eigenvalue weighted by Gasteiger charge is 2.12. The summed E-state index contributed by atoms with van der Waals surface area (Å²) in [6.45, 7) is 0. The fourth-order valence-corrected chi connectivity index (χ4v) is 2.06. The number of nitrogens with one attached hydrogen (secondary N) is 1. The number of rotatable bonds is 4. The number of nitrogens with zero attached hydrogens (tertiary/aromatic N) is 3. The van der Waals surface area contributed by atoms with E-state index in [1.807, 2.05) is 30.3 Å². The molecule has 0 atom stereocenters. The van der Waals surface area contributed by atoms with Crippen LogP contribution >= 0.6 is 0 Å². The molecule has 0 unspecified atom stereocenters. The lowest BCUT2D eigenvalue weighted by Gasteiger charge is -2.03. The third-order valence-electron chi connectivity index (χ3n) is 3.17. The molecule has 3 aromatic rings. The van der Waals surface area contributed by atoms with Crippen LogP contribution in [0.4, 0.5) is 11.5 Å². The van der Waals surface area contributed by atoms with Crippen molar-refractivity contribution in [2.45, 2.75) is 0 Å². The van der Waals surface area contributed by atoms with E-state index in [1.54, 1.807) is 16.9 Å². The van der Waals surface area contributed by atoms with Gasteiger partial charge in [0.25, 0.3) is 11.6 Å². The molecule has 1 heterocycles. The smallest absolute Gasteiger partial charge is 0.270 e. The molecule has 1 aromatic heterocycles. The number of hydrogen-bond donors (Lipinski definition) is 1. The molecule has 0 saturated heterocycles. The van der Waals surface area contributed by atoms with E-state index in [4.69, 9.17) is 0 Å². The lowest BCUT2D eigenvalue weighted by atomic mass is 10.2. The number of hydrogen-bond acceptors (Lipinski definition) is 4. The van der Waals surface area contributed by atoms with Crippen molar-refractivity contribution in [1.82, 2.24) is 9.78 Å². The predicted octanol–water partition coefficient (Wildman–Crippen LogP) is 3.03. The number of para-hydroxylation sites is 1. The van der Waals surface area contributed by atoms with Crippen molar-refractivity contribution in [3.63, 3.8) is 0 Å². The van der Waals surface area contributed by atoms with Gasteiger partial charge in [-0.2, -0.15) is 5.10 Å². The number of anilines is 1. The van der Waals surface area contributed by atoms with E-state index in [1.165, 1.54) is 24.3 Å². The van der Waals surface area contributed by atoms with E-state index in [0.29, 0.717) is 5.82 Å². The van der Waals surface area contributed by atoms with E-state index >= 15 is 0 Å². The lowest BCUT2D eigenvalue weighted by molar-refractivity contribution is -0.384. The Hall–Kier alpha value is -3.48. The number of aromatic nitrogens is 2. The summed E-state index contributed by atoms with van der Waals surface area (Å²) in [6.07, 6.45) is 1.72. The second kappa shape index (κ2) is 6.10. The van der Waals surface area contributed by atoms with E-state index in [0.717, 1.165) is 5.69 Å². The van der Waals surface area contributed by atoms with Gasteiger partial charge in [-0.05, 0) is 18.2 Å². The minimum atomic E-state index is -0.541. The van der Waals surface area contributed by atoms with Crippen LogP contribution in [0.25, 0.3) is 5.69 Å². The molecule has 1 N–H and O–H groups in total. The van der Waals surface area contributed by atoms with Crippen molar-refractivity contribution in [3.05, 3.63) is 82.5 Å². The summed E-state index contributed by atoms with van der Waals surface area (Å²) in [4.78, 5) is 22.4. The molecule has 0 bridgehead atoms. The van der Waals surface area contributed by atoms with Crippen LogP contribution in [0.1, 0.15) is 10.4 Å². The predicted molar refractivity (Wildman–Crippen MR) is 84.6 cm³/mol. The summed E-state index contributed by atoms with van der Waals surface area (Å²) in [5.74, 6) is -0.0858. The molecule has 0 aliphatic heterocycles. The molecule has 7 nitrogen and oxygen atoms in total. The Morgan fingerprint density at radius 2 is 1.87 bits per heavy atom. The fourth-order valence-electron chi connectivity index (χ4n) is 2.06. The van der Waals surface area contributed by atoms with Crippen LogP contribution in [0.3, 0.4) is 0 Å². The Morgan fingerprint density at radius 1 is 1.09 bits per heavy atom. The highest BCUT2D eigenvalue weighted by Crippen LogP contribution is 2.15. The van der Waals surface area contributed by atoms with Crippen molar-refractivity contribution >= 4 is 17.4 Å². The summed E-state index contributed by atoms with van der Waals surface area (Å²) in [7, 11) is 0. The van der Waals surface area contributed by atoms with Gasteiger partial charge in [0.1, 0.15) is 0 Å². The second-order valence-corrected chi connectivity index (χ2v) is 4.74. The molecule has 0 aliphatic rings. The Morgan fingerprint density at radius 3 is 2.61 bits per heavy atom. The average molecular weight is 308 g/mol. The summed E-state index contributed by atoms with van der Waals surface area (Å²) in [5.41, 5.74) is 0.935. The van der Waals surface area contributed by atoms with Gasteiger partial charge in [0.2, 0.25) is 0 Å². The maximum atomic E-state index is 12.2. The highest BCUT2D eigenvalue weighted by molar-refractivity contribution is 6.04. The van der Waals surface area contributed by atoms with Gasteiger partial charge in [-0.25, -0.2) is 4.68 Å². The van der Waals surface area contributed by atoms with Crippen LogP contribution in [0.15, 0.2) is 66.9 Å². The summed E-state index contributed by atoms with van der Waals surface area (Å²) in [5, 5.41) is 17.6. The Labute approximate surface area is 131 Å². The summed E-state index contributed by atoms with van der Waals surface area (Å²) >= 11 is 0. The molecule has 0 aliphatic carbocycles. The zero-order valence-corrected chi connectivity index (χ0v) is 11.9. The number of non-ortho nitro benzene ring substituents is 1. The normalized spacial score (nSPS) is 10.3. The zero-order chi connectivity index (χ0) is 16.2. The second-order valence-electron chi connectivity index (χ2n) is 4.74. The molecule has 1 amide bonds. The largest absolute Gasteiger partial charge is 0.305 e. The first-order valence-electron chi connectivity index (χ1n) is 6.80. The van der Waals surface area contributed by atoms with Crippen LogP contribution in [0.5, 0.6) is 0 Å². The van der Waals surface area contributed by atoms with Crippen LogP contribution in [-0.4, -0.2) is 20.6 Å². The van der Waals surface area contributed by atoms with Gasteiger partial charge in [0.05, 0.1) is 10.6 Å². The maximum absolute atomic E-state index is 12.2. The molecular weight excluding hydrogens is 296 g/mol. The number of amides is 1. The molecule has 0 radical (unpaired) electrons. The van der Waals surface area contributed by atoms with E-state index in [-0.39, 0.29) is 11.3 Å². The van der Waals surface area contributed by atoms with Gasteiger partial charge in [0.15, 0.2) is 5.82 Å². The molecular formula is C16H12N4O3. The van der Waals surface area contributed by atoms with Gasteiger partial charge in [0, 0.05) is 30.0 Å². The Bertz CT molecular complexity index is 859. The van der Waals surface area contributed by atoms with Crippen molar-refractivity contribution in [2.24, 2.45) is 0 Å². The third kappa shape index (κ3) is 3.24. The minimum Gasteiger partial charge on any atom is -0.305 e. The monoisotopic (exact) mass is 308 g/mol. The Balaban J connectivity index is 1.77. The quantitative estimate of drug-likeness (QED) is 0.592. The number of benzene rings is 2. The maximum Gasteiger partial charge on any atom is 0.270 e. The minimum absolute atomic E-state index is 0.132. The molecule has 3 rings (SSSR count).